The molecule has 19 heavy (non-hydrogen) atoms. The molecule has 0 saturated heterocycles. The molecule has 0 spiro atoms. The van der Waals surface area contributed by atoms with Crippen LogP contribution in [0, 0.1) is 5.82 Å². The molecule has 0 unspecified atom stereocenters. The molecule has 0 bridgehead atoms. The van der Waals surface area contributed by atoms with Crippen LogP contribution in [0.1, 0.15) is 20.7 Å². The number of carbonyl (C=O) groups excluding carboxylic acids is 2. The van der Waals surface area contributed by atoms with E-state index in [0.29, 0.717) is 12.1 Å². The number of amides is 2. The Morgan fingerprint density at radius 3 is 2.32 bits per heavy atom. The second-order valence-electron chi connectivity index (χ2n) is 3.15. The Labute approximate surface area is 102 Å². The third kappa shape index (κ3) is 3.31. The van der Waals surface area contributed by atoms with Gasteiger partial charge >= 0.3 is 6.36 Å². The molecule has 0 aliphatic rings. The minimum Gasteiger partial charge on any atom is -0.403 e. The summed E-state index contributed by atoms with van der Waals surface area (Å²) in [6.45, 7) is 0. The first kappa shape index (κ1) is 14.7. The lowest BCUT2D eigenvalue weighted by molar-refractivity contribution is -0.275. The molecule has 2 amide bonds. The van der Waals surface area contributed by atoms with E-state index in [4.69, 9.17) is 10.9 Å². The second-order valence-corrected chi connectivity index (χ2v) is 3.15. The van der Waals surface area contributed by atoms with Crippen LogP contribution in [0.4, 0.5) is 17.6 Å². The van der Waals surface area contributed by atoms with Gasteiger partial charge in [0.25, 0.3) is 5.91 Å². The van der Waals surface area contributed by atoms with Crippen LogP contribution in [-0.4, -0.2) is 23.4 Å². The van der Waals surface area contributed by atoms with Gasteiger partial charge in [0.2, 0.25) is 5.91 Å². The summed E-state index contributed by atoms with van der Waals surface area (Å²) < 4.78 is 52.9. The predicted molar refractivity (Wildman–Crippen MR) is 50.9 cm³/mol. The van der Waals surface area contributed by atoms with E-state index in [1.165, 1.54) is 0 Å². The summed E-state index contributed by atoms with van der Waals surface area (Å²) in [5.41, 5.74) is 3.94. The number of hydrogen-bond acceptors (Lipinski definition) is 4. The molecule has 0 atom stereocenters. The zero-order valence-electron chi connectivity index (χ0n) is 8.92. The summed E-state index contributed by atoms with van der Waals surface area (Å²) >= 11 is 0. The highest BCUT2D eigenvalue weighted by Crippen LogP contribution is 2.29. The first-order valence-electron chi connectivity index (χ1n) is 4.50. The van der Waals surface area contributed by atoms with Crippen LogP contribution in [0.25, 0.3) is 0 Å². The van der Waals surface area contributed by atoms with E-state index in [1.807, 2.05) is 0 Å². The highest BCUT2D eigenvalue weighted by atomic mass is 19.4. The second kappa shape index (κ2) is 5.10. The van der Waals surface area contributed by atoms with E-state index in [0.717, 1.165) is 5.48 Å². The van der Waals surface area contributed by atoms with E-state index in [1.54, 1.807) is 0 Å². The Bertz CT molecular complexity index is 530. The Balaban J connectivity index is 3.42. The van der Waals surface area contributed by atoms with Gasteiger partial charge < -0.3 is 10.5 Å². The van der Waals surface area contributed by atoms with Crippen molar-refractivity contribution in [2.45, 2.75) is 6.36 Å². The zero-order valence-corrected chi connectivity index (χ0v) is 8.92. The lowest BCUT2D eigenvalue weighted by atomic mass is 10.1. The van der Waals surface area contributed by atoms with Crippen LogP contribution < -0.4 is 16.0 Å². The fourth-order valence-corrected chi connectivity index (χ4v) is 1.24. The van der Waals surface area contributed by atoms with E-state index in [9.17, 15) is 27.2 Å². The van der Waals surface area contributed by atoms with Crippen molar-refractivity contribution in [1.82, 2.24) is 5.48 Å². The number of rotatable bonds is 3. The maximum Gasteiger partial charge on any atom is 0.573 e. The number of nitrogens with two attached hydrogens (primary N) is 1. The van der Waals surface area contributed by atoms with E-state index in [-0.39, 0.29) is 0 Å². The van der Waals surface area contributed by atoms with Crippen LogP contribution >= 0.6 is 0 Å². The van der Waals surface area contributed by atoms with E-state index >= 15 is 0 Å². The Morgan fingerprint density at radius 2 is 1.89 bits per heavy atom. The molecule has 0 radical (unpaired) electrons. The van der Waals surface area contributed by atoms with Crippen molar-refractivity contribution >= 4 is 11.8 Å². The van der Waals surface area contributed by atoms with Crippen LogP contribution in [0.3, 0.4) is 0 Å². The molecule has 0 fully saturated rings. The average molecular weight is 282 g/mol. The number of halogens is 4. The largest absolute Gasteiger partial charge is 0.573 e. The summed E-state index contributed by atoms with van der Waals surface area (Å²) in [4.78, 5) is 22.1. The van der Waals surface area contributed by atoms with Gasteiger partial charge in [-0.3, -0.25) is 14.8 Å². The van der Waals surface area contributed by atoms with Gasteiger partial charge in [-0.05, 0) is 12.1 Å². The zero-order chi connectivity index (χ0) is 14.8. The summed E-state index contributed by atoms with van der Waals surface area (Å²) in [5.74, 6) is -5.92. The van der Waals surface area contributed by atoms with Crippen LogP contribution in [-0.2, 0) is 0 Å². The smallest absolute Gasteiger partial charge is 0.403 e. The normalized spacial score (nSPS) is 11.0. The van der Waals surface area contributed by atoms with Gasteiger partial charge in [0.15, 0.2) is 11.6 Å². The van der Waals surface area contributed by atoms with Gasteiger partial charge in [0.05, 0.1) is 11.1 Å². The van der Waals surface area contributed by atoms with E-state index in [2.05, 4.69) is 4.74 Å². The molecule has 0 heterocycles. The lowest BCUT2D eigenvalue weighted by Crippen LogP contribution is -2.26. The molecule has 4 N–H and O–H groups in total. The number of primary amides is 1. The van der Waals surface area contributed by atoms with Crippen molar-refractivity contribution in [3.05, 3.63) is 29.1 Å². The first-order chi connectivity index (χ1) is 8.67. The van der Waals surface area contributed by atoms with Gasteiger partial charge in [-0.2, -0.15) is 0 Å². The summed E-state index contributed by atoms with van der Waals surface area (Å²) in [6, 6.07) is 1.15. The number of ether oxygens (including phenoxy) is 1. The van der Waals surface area contributed by atoms with Gasteiger partial charge in [-0.15, -0.1) is 13.2 Å². The molecule has 0 saturated carbocycles. The highest BCUT2D eigenvalue weighted by Gasteiger charge is 2.34. The molecular formula is C9H6F4N2O4. The van der Waals surface area contributed by atoms with E-state index < -0.39 is 40.9 Å². The number of hydroxylamine groups is 1. The first-order valence-corrected chi connectivity index (χ1v) is 4.50. The average Bonchev–Trinajstić information content (AvgIpc) is 2.28. The van der Waals surface area contributed by atoms with Crippen molar-refractivity contribution < 1.29 is 37.1 Å². The number of nitrogens with one attached hydrogen (secondary N) is 1. The van der Waals surface area contributed by atoms with Crippen LogP contribution in [0.15, 0.2) is 12.1 Å². The Morgan fingerprint density at radius 1 is 1.32 bits per heavy atom. The van der Waals surface area contributed by atoms with Crippen molar-refractivity contribution in [2.24, 2.45) is 5.73 Å². The fraction of sp³-hybridized carbons (Fsp3) is 0.111. The van der Waals surface area contributed by atoms with Crippen LogP contribution in [0.5, 0.6) is 5.75 Å². The standard InChI is InChI=1S/C9H6F4N2O4/c10-6-4(19-9(11,12)13)2-1-3(7(14)16)5(6)8(17)15-18/h1-2,18H,(H2,14,16)(H,15,17). The minimum absolute atomic E-state index is 0.483. The number of benzene rings is 1. The maximum atomic E-state index is 13.7. The quantitative estimate of drug-likeness (QED) is 0.436. The molecule has 104 valence electrons. The summed E-state index contributed by atoms with van der Waals surface area (Å²) in [5, 5.41) is 8.36. The highest BCUT2D eigenvalue weighted by molar-refractivity contribution is 6.06. The SMILES string of the molecule is NC(=O)c1ccc(OC(F)(F)F)c(F)c1C(=O)NO. The number of carbonyl (C=O) groups is 2. The minimum atomic E-state index is -5.19. The molecule has 1 rings (SSSR count). The third-order valence-electron chi connectivity index (χ3n) is 1.93. The molecule has 0 aliphatic heterocycles. The fourth-order valence-electron chi connectivity index (χ4n) is 1.24. The van der Waals surface area contributed by atoms with Crippen molar-refractivity contribution in [3.63, 3.8) is 0 Å². The van der Waals surface area contributed by atoms with Crippen molar-refractivity contribution in [3.8, 4) is 5.75 Å². The Hall–Kier alpha value is -2.36. The molecule has 1 aromatic carbocycles. The summed E-state index contributed by atoms with van der Waals surface area (Å²) in [7, 11) is 0. The van der Waals surface area contributed by atoms with Crippen molar-refractivity contribution in [2.75, 3.05) is 0 Å². The Kier molecular flexibility index (Phi) is 3.95. The molecule has 10 heteroatoms. The van der Waals surface area contributed by atoms with Gasteiger partial charge in [0, 0.05) is 0 Å². The molecular weight excluding hydrogens is 276 g/mol. The maximum absolute atomic E-state index is 13.7. The summed E-state index contributed by atoms with van der Waals surface area (Å²) in [6.07, 6.45) is -5.19. The van der Waals surface area contributed by atoms with Crippen molar-refractivity contribution in [1.29, 1.82) is 0 Å². The molecule has 0 aliphatic carbocycles. The molecule has 1 aromatic rings. The molecule has 0 aromatic heterocycles. The van der Waals surface area contributed by atoms with Crippen LogP contribution in [0.2, 0.25) is 0 Å². The lowest BCUT2D eigenvalue weighted by Gasteiger charge is -2.13. The number of hydrogen-bond donors (Lipinski definition) is 3. The predicted octanol–water partition coefficient (Wildman–Crippen LogP) is 0.942. The third-order valence-corrected chi connectivity index (χ3v) is 1.93. The van der Waals surface area contributed by atoms with Gasteiger partial charge in [0.1, 0.15) is 0 Å². The topological polar surface area (TPSA) is 102 Å². The van der Waals surface area contributed by atoms with Gasteiger partial charge in [-0.1, -0.05) is 0 Å². The van der Waals surface area contributed by atoms with Gasteiger partial charge in [-0.25, -0.2) is 9.87 Å². The number of alkyl halides is 3. The molecule has 6 nitrogen and oxygen atoms in total. The monoisotopic (exact) mass is 282 g/mol.